The standard InChI is InChI=1S/C23H26F2N2O2/c1-17(18-5-3-2-4-6-18)27-15-23(12-22(27)28)14-26(9-10-29-16-23)13-19-11-20(24)7-8-21(19)25/h2-8,11,17H,9-10,12-16H2,1H3/t17-,23-/m0/s1. The van der Waals surface area contributed by atoms with Gasteiger partial charge in [0.05, 0.1) is 19.3 Å². The second kappa shape index (κ2) is 8.20. The number of carbonyl (C=O) groups excluding carboxylic acids is 1. The second-order valence-electron chi connectivity index (χ2n) is 8.28. The average molecular weight is 400 g/mol. The molecule has 0 radical (unpaired) electrons. The summed E-state index contributed by atoms with van der Waals surface area (Å²) in [5.41, 5.74) is 1.10. The van der Waals surface area contributed by atoms with Crippen molar-refractivity contribution >= 4 is 5.91 Å². The van der Waals surface area contributed by atoms with Crippen molar-refractivity contribution in [2.75, 3.05) is 32.8 Å². The molecule has 2 aromatic carbocycles. The Kier molecular flexibility index (Phi) is 5.65. The Hall–Kier alpha value is -2.31. The minimum Gasteiger partial charge on any atom is -0.379 e. The van der Waals surface area contributed by atoms with Crippen LogP contribution in [0, 0.1) is 17.0 Å². The highest BCUT2D eigenvalue weighted by molar-refractivity contribution is 5.80. The van der Waals surface area contributed by atoms with Crippen LogP contribution in [-0.2, 0) is 16.1 Å². The van der Waals surface area contributed by atoms with Gasteiger partial charge in [0.1, 0.15) is 11.6 Å². The maximum absolute atomic E-state index is 14.1. The average Bonchev–Trinajstić information content (AvgIpc) is 2.90. The summed E-state index contributed by atoms with van der Waals surface area (Å²) >= 11 is 0. The van der Waals surface area contributed by atoms with Crippen LogP contribution in [0.5, 0.6) is 0 Å². The van der Waals surface area contributed by atoms with Crippen LogP contribution in [0.1, 0.15) is 30.5 Å². The molecule has 2 aliphatic rings. The molecule has 4 nitrogen and oxygen atoms in total. The van der Waals surface area contributed by atoms with Crippen molar-refractivity contribution in [2.24, 2.45) is 5.41 Å². The number of benzene rings is 2. The van der Waals surface area contributed by atoms with Crippen molar-refractivity contribution in [3.63, 3.8) is 0 Å². The van der Waals surface area contributed by atoms with E-state index in [1.165, 1.54) is 6.07 Å². The van der Waals surface area contributed by atoms with Crippen molar-refractivity contribution in [1.82, 2.24) is 9.80 Å². The zero-order valence-electron chi connectivity index (χ0n) is 16.6. The van der Waals surface area contributed by atoms with E-state index in [2.05, 4.69) is 4.90 Å². The van der Waals surface area contributed by atoms with Gasteiger partial charge in [-0.3, -0.25) is 9.69 Å². The monoisotopic (exact) mass is 400 g/mol. The van der Waals surface area contributed by atoms with Gasteiger partial charge >= 0.3 is 0 Å². The molecule has 1 spiro atoms. The summed E-state index contributed by atoms with van der Waals surface area (Å²) in [6.45, 7) is 5.21. The van der Waals surface area contributed by atoms with Crippen LogP contribution < -0.4 is 0 Å². The fraction of sp³-hybridized carbons (Fsp3) is 0.435. The summed E-state index contributed by atoms with van der Waals surface area (Å²) in [7, 11) is 0. The smallest absolute Gasteiger partial charge is 0.223 e. The molecule has 2 saturated heterocycles. The van der Waals surface area contributed by atoms with Crippen molar-refractivity contribution in [3.05, 3.63) is 71.3 Å². The van der Waals surface area contributed by atoms with E-state index in [0.717, 1.165) is 17.7 Å². The molecule has 2 fully saturated rings. The predicted octanol–water partition coefficient (Wildman–Crippen LogP) is 3.78. The van der Waals surface area contributed by atoms with Crippen LogP contribution in [0.2, 0.25) is 0 Å². The lowest BCUT2D eigenvalue weighted by molar-refractivity contribution is -0.129. The molecule has 0 unspecified atom stereocenters. The summed E-state index contributed by atoms with van der Waals surface area (Å²) in [6, 6.07) is 13.5. The Bertz CT molecular complexity index is 876. The van der Waals surface area contributed by atoms with Gasteiger partial charge in [-0.05, 0) is 30.7 Å². The molecule has 2 aliphatic heterocycles. The first-order valence-corrected chi connectivity index (χ1v) is 10.0. The number of hydrogen-bond acceptors (Lipinski definition) is 3. The number of ether oxygens (including phenoxy) is 1. The van der Waals surface area contributed by atoms with Gasteiger partial charge in [0.2, 0.25) is 5.91 Å². The first-order valence-electron chi connectivity index (χ1n) is 10.0. The van der Waals surface area contributed by atoms with Gasteiger partial charge in [0, 0.05) is 43.6 Å². The Balaban J connectivity index is 1.51. The molecule has 4 rings (SSSR count). The molecule has 0 aromatic heterocycles. The van der Waals surface area contributed by atoms with E-state index in [1.54, 1.807) is 0 Å². The maximum Gasteiger partial charge on any atom is 0.223 e. The molecule has 6 heteroatoms. The van der Waals surface area contributed by atoms with Crippen molar-refractivity contribution in [2.45, 2.75) is 25.9 Å². The minimum atomic E-state index is -0.443. The fourth-order valence-electron chi connectivity index (χ4n) is 4.52. The van der Waals surface area contributed by atoms with Gasteiger partial charge in [-0.2, -0.15) is 0 Å². The Labute approximate surface area is 170 Å². The van der Waals surface area contributed by atoms with Gasteiger partial charge in [-0.25, -0.2) is 8.78 Å². The number of halogens is 2. The summed E-state index contributed by atoms with van der Waals surface area (Å²) < 4.78 is 33.5. The number of hydrogen-bond donors (Lipinski definition) is 0. The van der Waals surface area contributed by atoms with Crippen LogP contribution in [0.15, 0.2) is 48.5 Å². The summed E-state index contributed by atoms with van der Waals surface area (Å²) in [5.74, 6) is -0.739. The third-order valence-corrected chi connectivity index (χ3v) is 6.02. The highest BCUT2D eigenvalue weighted by Crippen LogP contribution is 2.38. The van der Waals surface area contributed by atoms with Gasteiger partial charge < -0.3 is 9.64 Å². The molecule has 2 heterocycles. The largest absolute Gasteiger partial charge is 0.379 e. The normalized spacial score (nSPS) is 24.1. The van der Waals surface area contributed by atoms with Gasteiger partial charge in [0.25, 0.3) is 0 Å². The molecular formula is C23H26F2N2O2. The fourth-order valence-corrected chi connectivity index (χ4v) is 4.52. The quantitative estimate of drug-likeness (QED) is 0.783. The zero-order valence-corrected chi connectivity index (χ0v) is 16.6. The molecule has 154 valence electrons. The highest BCUT2D eigenvalue weighted by Gasteiger charge is 2.46. The number of rotatable bonds is 4. The van der Waals surface area contributed by atoms with E-state index >= 15 is 0 Å². The third-order valence-electron chi connectivity index (χ3n) is 6.02. The van der Waals surface area contributed by atoms with E-state index in [9.17, 15) is 13.6 Å². The molecule has 0 N–H and O–H groups in total. The van der Waals surface area contributed by atoms with Gasteiger partial charge in [-0.15, -0.1) is 0 Å². The first kappa shape index (κ1) is 20.0. The number of amides is 1. The van der Waals surface area contributed by atoms with E-state index in [1.807, 2.05) is 42.2 Å². The van der Waals surface area contributed by atoms with Crippen molar-refractivity contribution in [3.8, 4) is 0 Å². The number of carbonyl (C=O) groups is 1. The van der Waals surface area contributed by atoms with Crippen LogP contribution in [-0.4, -0.2) is 48.6 Å². The molecule has 29 heavy (non-hydrogen) atoms. The molecule has 0 bridgehead atoms. The summed E-state index contributed by atoms with van der Waals surface area (Å²) in [4.78, 5) is 16.9. The summed E-state index contributed by atoms with van der Waals surface area (Å²) in [6.07, 6.45) is 0.409. The maximum atomic E-state index is 14.1. The van der Waals surface area contributed by atoms with Gasteiger partial charge in [-0.1, -0.05) is 30.3 Å². The van der Waals surface area contributed by atoms with Crippen LogP contribution in [0.25, 0.3) is 0 Å². The Morgan fingerprint density at radius 2 is 1.93 bits per heavy atom. The second-order valence-corrected chi connectivity index (χ2v) is 8.28. The lowest BCUT2D eigenvalue weighted by Gasteiger charge is -2.33. The van der Waals surface area contributed by atoms with E-state index in [0.29, 0.717) is 51.4 Å². The lowest BCUT2D eigenvalue weighted by Crippen LogP contribution is -2.41. The van der Waals surface area contributed by atoms with Crippen molar-refractivity contribution in [1.29, 1.82) is 0 Å². The lowest BCUT2D eigenvalue weighted by atomic mass is 9.87. The van der Waals surface area contributed by atoms with Crippen LogP contribution >= 0.6 is 0 Å². The molecule has 2 aromatic rings. The Morgan fingerprint density at radius 1 is 1.14 bits per heavy atom. The molecule has 1 amide bonds. The van der Waals surface area contributed by atoms with Crippen LogP contribution in [0.3, 0.4) is 0 Å². The highest BCUT2D eigenvalue weighted by atomic mass is 19.1. The summed E-state index contributed by atoms with van der Waals surface area (Å²) in [5, 5.41) is 0. The SMILES string of the molecule is C[C@@H](c1ccccc1)N1C[C@]2(COCCN(Cc3cc(F)ccc3F)C2)CC1=O. The van der Waals surface area contributed by atoms with Gasteiger partial charge in [0.15, 0.2) is 0 Å². The zero-order chi connectivity index (χ0) is 20.4. The topological polar surface area (TPSA) is 32.8 Å². The van der Waals surface area contributed by atoms with E-state index in [4.69, 9.17) is 4.74 Å². The van der Waals surface area contributed by atoms with Crippen LogP contribution in [0.4, 0.5) is 8.78 Å². The third kappa shape index (κ3) is 4.33. The Morgan fingerprint density at radius 3 is 2.72 bits per heavy atom. The molecule has 0 aliphatic carbocycles. The first-order chi connectivity index (χ1) is 14.0. The number of likely N-dealkylation sites (tertiary alicyclic amines) is 1. The number of nitrogens with zero attached hydrogens (tertiary/aromatic N) is 2. The minimum absolute atomic E-state index is 0.0135. The van der Waals surface area contributed by atoms with E-state index in [-0.39, 0.29) is 17.4 Å². The predicted molar refractivity (Wildman–Crippen MR) is 106 cm³/mol. The van der Waals surface area contributed by atoms with Crippen molar-refractivity contribution < 1.29 is 18.3 Å². The van der Waals surface area contributed by atoms with E-state index < -0.39 is 11.6 Å². The molecule has 0 saturated carbocycles. The molecule has 2 atom stereocenters. The molecular weight excluding hydrogens is 374 g/mol.